The van der Waals surface area contributed by atoms with Gasteiger partial charge in [0, 0.05) is 18.6 Å². The molecule has 45 heavy (non-hydrogen) atoms. The van der Waals surface area contributed by atoms with Gasteiger partial charge in [-0.15, -0.1) is 16.9 Å². The number of hydrogen-bond acceptors (Lipinski definition) is 10. The number of amides is 1. The van der Waals surface area contributed by atoms with Crippen LogP contribution in [-0.4, -0.2) is 97.4 Å². The van der Waals surface area contributed by atoms with Crippen molar-refractivity contribution in [2.24, 2.45) is 17.3 Å². The lowest BCUT2D eigenvalue weighted by Gasteiger charge is -2.44. The average Bonchev–Trinajstić information content (AvgIpc) is 3.59. The van der Waals surface area contributed by atoms with E-state index in [1.54, 1.807) is 4.68 Å². The van der Waals surface area contributed by atoms with E-state index in [2.05, 4.69) is 41.7 Å². The van der Waals surface area contributed by atoms with Crippen LogP contribution < -0.4 is 10.6 Å². The minimum absolute atomic E-state index is 0.158. The van der Waals surface area contributed by atoms with Crippen molar-refractivity contribution in [2.75, 3.05) is 13.2 Å². The van der Waals surface area contributed by atoms with Gasteiger partial charge in [0.1, 0.15) is 35.9 Å². The predicted molar refractivity (Wildman–Crippen MR) is 170 cm³/mol. The minimum Gasteiger partial charge on any atom is -0.388 e. The van der Waals surface area contributed by atoms with Crippen LogP contribution >= 0.6 is 11.8 Å². The number of carbonyl (C=O) groups excluding carboxylic acids is 1. The molecule has 2 bridgehead atoms. The van der Waals surface area contributed by atoms with E-state index in [0.29, 0.717) is 43.5 Å². The highest BCUT2D eigenvalue weighted by Crippen LogP contribution is 2.44. The third-order valence-corrected chi connectivity index (χ3v) is 11.2. The zero-order valence-electron chi connectivity index (χ0n) is 26.2. The molecule has 4 aliphatic heterocycles. The molecule has 0 radical (unpaired) electrons. The van der Waals surface area contributed by atoms with E-state index in [0.717, 1.165) is 24.9 Å². The molecule has 5 heterocycles. The Labute approximate surface area is 269 Å². The molecule has 4 aliphatic rings. The molecule has 0 spiro atoms. The van der Waals surface area contributed by atoms with Crippen LogP contribution in [0.1, 0.15) is 63.8 Å². The summed E-state index contributed by atoms with van der Waals surface area (Å²) < 4.78 is 14.4. The number of ether oxygens (including phenoxy) is 2. The molecule has 3 saturated heterocycles. The van der Waals surface area contributed by atoms with E-state index in [1.807, 2.05) is 48.7 Å². The topological polar surface area (TPSA) is 151 Å². The number of aliphatic hydroxyl groups excluding tert-OH is 3. The van der Waals surface area contributed by atoms with Crippen molar-refractivity contribution in [3.63, 3.8) is 0 Å². The number of nitrogens with zero attached hydrogens (tertiary/aromatic N) is 3. The molecule has 6 rings (SSSR count). The molecule has 11 nitrogen and oxygen atoms in total. The molecule has 0 aliphatic carbocycles. The van der Waals surface area contributed by atoms with E-state index in [4.69, 9.17) is 9.47 Å². The molecule has 12 heteroatoms. The Hall–Kier alpha value is -2.32. The molecule has 1 amide bonds. The van der Waals surface area contributed by atoms with Crippen LogP contribution in [-0.2, 0) is 14.3 Å². The predicted octanol–water partition coefficient (Wildman–Crippen LogP) is 2.50. The van der Waals surface area contributed by atoms with Gasteiger partial charge in [-0.1, -0.05) is 56.3 Å². The van der Waals surface area contributed by atoms with Gasteiger partial charge in [0.25, 0.3) is 0 Å². The first-order valence-corrected chi connectivity index (χ1v) is 17.2. The van der Waals surface area contributed by atoms with Crippen molar-refractivity contribution >= 4 is 17.7 Å². The SMILES string of the molecule is CC(C)C[C@@H]1CCO[C@H]2[C@@H](C(=O)N[C@@H]3C/C=C\C[C@@H](c4cn(-c5ccccc5)nn4)SC4OC3C(O)C(O)C4O)NC[C@]2(C)C1. The van der Waals surface area contributed by atoms with Crippen LogP contribution in [0.4, 0.5) is 0 Å². The Kier molecular flexibility index (Phi) is 10.0. The molecule has 1 aromatic carbocycles. The minimum atomic E-state index is -1.44. The number of rotatable bonds is 6. The van der Waals surface area contributed by atoms with Crippen LogP contribution in [0.3, 0.4) is 0 Å². The normalized spacial score (nSPS) is 39.5. The van der Waals surface area contributed by atoms with Gasteiger partial charge in [0.2, 0.25) is 5.91 Å². The molecule has 3 fully saturated rings. The fraction of sp³-hybridized carbons (Fsp3) is 0.667. The van der Waals surface area contributed by atoms with E-state index in [1.165, 1.54) is 11.8 Å². The quantitative estimate of drug-likeness (QED) is 0.298. The Morgan fingerprint density at radius 3 is 2.71 bits per heavy atom. The van der Waals surface area contributed by atoms with Gasteiger partial charge in [-0.05, 0) is 56.1 Å². The van der Waals surface area contributed by atoms with Gasteiger partial charge in [-0.25, -0.2) is 4.68 Å². The molecule has 5 N–H and O–H groups in total. The lowest BCUT2D eigenvalue weighted by molar-refractivity contribution is -0.205. The van der Waals surface area contributed by atoms with E-state index >= 15 is 0 Å². The van der Waals surface area contributed by atoms with E-state index in [-0.39, 0.29) is 22.7 Å². The molecule has 0 saturated carbocycles. The molecule has 2 aromatic rings. The number of para-hydroxylation sites is 1. The number of thioether (sulfide) groups is 1. The van der Waals surface area contributed by atoms with Gasteiger partial charge < -0.3 is 35.4 Å². The fourth-order valence-corrected chi connectivity index (χ4v) is 8.84. The number of allylic oxidation sites excluding steroid dienone is 1. The first-order chi connectivity index (χ1) is 21.6. The second kappa shape index (κ2) is 13.8. The summed E-state index contributed by atoms with van der Waals surface area (Å²) in [6, 6.07) is 8.52. The van der Waals surface area contributed by atoms with Crippen molar-refractivity contribution in [1.82, 2.24) is 25.6 Å². The Bertz CT molecular complexity index is 1330. The summed E-state index contributed by atoms with van der Waals surface area (Å²) in [5.74, 6) is 0.963. The lowest BCUT2D eigenvalue weighted by atomic mass is 9.75. The fourth-order valence-electron chi connectivity index (χ4n) is 7.53. The van der Waals surface area contributed by atoms with Gasteiger partial charge in [-0.2, -0.15) is 0 Å². The van der Waals surface area contributed by atoms with Gasteiger partial charge in [-0.3, -0.25) is 4.79 Å². The molecule has 1 aromatic heterocycles. The van der Waals surface area contributed by atoms with Crippen molar-refractivity contribution in [1.29, 1.82) is 0 Å². The molecular formula is C33H47N5O6S. The Morgan fingerprint density at radius 2 is 1.93 bits per heavy atom. The maximum atomic E-state index is 13.9. The Balaban J connectivity index is 1.18. The summed E-state index contributed by atoms with van der Waals surface area (Å²) in [5.41, 5.74) is 0.571. The van der Waals surface area contributed by atoms with Crippen molar-refractivity contribution in [2.45, 2.75) is 106 Å². The lowest BCUT2D eigenvalue weighted by Crippen LogP contribution is -2.64. The first kappa shape index (κ1) is 32.6. The highest BCUT2D eigenvalue weighted by molar-refractivity contribution is 8.00. The molecule has 246 valence electrons. The number of fused-ring (bicyclic) bond motifs is 3. The zero-order valence-corrected chi connectivity index (χ0v) is 27.1. The highest BCUT2D eigenvalue weighted by atomic mass is 32.2. The third-order valence-electron chi connectivity index (χ3n) is 9.78. The van der Waals surface area contributed by atoms with Gasteiger partial charge in [0.15, 0.2) is 0 Å². The standard InChI is InChI=1S/C33H47N5O6S/c1-19(2)15-20-13-14-43-30-25(34-18-33(30,3)16-20)31(42)35-22-11-7-8-12-24(45-32-28(41)26(39)27(40)29(22)44-32)23-17-38(37-36-23)21-9-5-4-6-10-21/h4-10,17,19-20,22,24-30,32,34,39-41H,11-16,18H2,1-3H3,(H,35,42)/b8-7-/t20-,22+,24-,25-,26?,27?,28?,29?,30-,32?,33-/m0/s1. The summed E-state index contributed by atoms with van der Waals surface area (Å²) in [6.45, 7) is 8.03. The monoisotopic (exact) mass is 641 g/mol. The summed E-state index contributed by atoms with van der Waals surface area (Å²) in [7, 11) is 0. The van der Waals surface area contributed by atoms with Gasteiger partial charge in [0.05, 0.1) is 35.0 Å². The number of aliphatic hydroxyl groups is 3. The summed E-state index contributed by atoms with van der Waals surface area (Å²) in [6.07, 6.45) is 4.60. The largest absolute Gasteiger partial charge is 0.388 e. The maximum absolute atomic E-state index is 13.9. The maximum Gasteiger partial charge on any atom is 0.240 e. The van der Waals surface area contributed by atoms with E-state index in [9.17, 15) is 20.1 Å². The van der Waals surface area contributed by atoms with E-state index < -0.39 is 41.9 Å². The zero-order chi connectivity index (χ0) is 31.7. The van der Waals surface area contributed by atoms with Crippen LogP contribution in [0, 0.1) is 17.3 Å². The molecule has 5 unspecified atom stereocenters. The Morgan fingerprint density at radius 1 is 1.16 bits per heavy atom. The van der Waals surface area contributed by atoms with Crippen LogP contribution in [0.15, 0.2) is 48.7 Å². The molecule has 11 atom stereocenters. The first-order valence-electron chi connectivity index (χ1n) is 16.3. The average molecular weight is 642 g/mol. The number of nitrogens with one attached hydrogen (secondary N) is 2. The van der Waals surface area contributed by atoms with Crippen LogP contribution in [0.5, 0.6) is 0 Å². The summed E-state index contributed by atoms with van der Waals surface area (Å²) in [5, 5.41) is 48.0. The summed E-state index contributed by atoms with van der Waals surface area (Å²) >= 11 is 1.33. The number of benzene rings is 1. The number of hydrogen-bond donors (Lipinski definition) is 5. The number of carbonyl (C=O) groups is 1. The highest BCUT2D eigenvalue weighted by Gasteiger charge is 2.52. The molecular weight excluding hydrogens is 594 g/mol. The van der Waals surface area contributed by atoms with Crippen molar-refractivity contribution in [3.05, 3.63) is 54.4 Å². The van der Waals surface area contributed by atoms with Crippen molar-refractivity contribution in [3.8, 4) is 5.69 Å². The van der Waals surface area contributed by atoms with Crippen LogP contribution in [0.25, 0.3) is 5.69 Å². The second-order valence-electron chi connectivity index (χ2n) is 13.8. The summed E-state index contributed by atoms with van der Waals surface area (Å²) in [4.78, 5) is 13.9. The smallest absolute Gasteiger partial charge is 0.240 e. The van der Waals surface area contributed by atoms with Gasteiger partial charge >= 0.3 is 0 Å². The van der Waals surface area contributed by atoms with Crippen molar-refractivity contribution < 1.29 is 29.6 Å². The number of aromatic nitrogens is 3. The van der Waals surface area contributed by atoms with Crippen LogP contribution in [0.2, 0.25) is 0 Å². The third kappa shape index (κ3) is 7.02. The second-order valence-corrected chi connectivity index (χ2v) is 15.1.